The maximum Gasteiger partial charge on any atom is 0.222 e. The van der Waals surface area contributed by atoms with E-state index in [2.05, 4.69) is 0 Å². The molecule has 0 aliphatic carbocycles. The lowest BCUT2D eigenvalue weighted by Crippen LogP contribution is -2.42. The van der Waals surface area contributed by atoms with Crippen LogP contribution in [0.4, 0.5) is 0 Å². The fourth-order valence-corrected chi connectivity index (χ4v) is 0.977. The smallest absolute Gasteiger partial charge is 0.222 e. The molecule has 3 nitrogen and oxygen atoms in total. The van der Waals surface area contributed by atoms with Crippen LogP contribution in [-0.2, 0) is 4.79 Å². The zero-order valence-corrected chi connectivity index (χ0v) is 6.18. The Balaban J connectivity index is 2.08. The van der Waals surface area contributed by atoms with Gasteiger partial charge in [0.2, 0.25) is 5.91 Å². The molecule has 0 bridgehead atoms. The first-order valence-corrected chi connectivity index (χ1v) is 3.82. The van der Waals surface area contributed by atoms with E-state index in [4.69, 9.17) is 5.73 Å². The van der Waals surface area contributed by atoms with Crippen molar-refractivity contribution >= 4 is 5.91 Å². The number of carbonyl (C=O) groups is 1. The van der Waals surface area contributed by atoms with Gasteiger partial charge in [-0.05, 0) is 19.4 Å². The van der Waals surface area contributed by atoms with Crippen LogP contribution < -0.4 is 5.73 Å². The van der Waals surface area contributed by atoms with Crippen molar-refractivity contribution in [2.75, 3.05) is 19.6 Å². The van der Waals surface area contributed by atoms with Crippen LogP contribution in [0.3, 0.4) is 0 Å². The van der Waals surface area contributed by atoms with Crippen LogP contribution in [0.1, 0.15) is 19.3 Å². The summed E-state index contributed by atoms with van der Waals surface area (Å²) in [7, 11) is 0. The van der Waals surface area contributed by atoms with Gasteiger partial charge in [0.25, 0.3) is 0 Å². The number of likely N-dealkylation sites (tertiary alicyclic amines) is 1. The normalized spacial score (nSPS) is 16.7. The Bertz CT molecular complexity index is 121. The van der Waals surface area contributed by atoms with Crippen molar-refractivity contribution < 1.29 is 4.79 Å². The van der Waals surface area contributed by atoms with Crippen LogP contribution in [0, 0.1) is 0 Å². The second kappa shape index (κ2) is 3.56. The van der Waals surface area contributed by atoms with Crippen molar-refractivity contribution in [2.24, 2.45) is 5.73 Å². The van der Waals surface area contributed by atoms with Crippen molar-refractivity contribution in [1.29, 1.82) is 0 Å². The number of amides is 1. The molecule has 0 aromatic rings. The predicted molar refractivity (Wildman–Crippen MR) is 39.5 cm³/mol. The van der Waals surface area contributed by atoms with Gasteiger partial charge in [-0.25, -0.2) is 0 Å². The zero-order chi connectivity index (χ0) is 7.40. The number of hydrogen-bond acceptors (Lipinski definition) is 2. The molecule has 3 heteroatoms. The average Bonchev–Trinajstić information content (AvgIpc) is 1.79. The molecule has 1 rings (SSSR count). The third kappa shape index (κ3) is 1.70. The van der Waals surface area contributed by atoms with E-state index in [1.165, 1.54) is 6.42 Å². The number of nitrogens with zero attached hydrogens (tertiary/aromatic N) is 1. The Morgan fingerprint density at radius 1 is 1.50 bits per heavy atom. The Morgan fingerprint density at radius 3 is 2.60 bits per heavy atom. The van der Waals surface area contributed by atoms with Crippen molar-refractivity contribution in [3.05, 3.63) is 0 Å². The van der Waals surface area contributed by atoms with Crippen molar-refractivity contribution in [3.63, 3.8) is 0 Å². The first kappa shape index (κ1) is 7.54. The van der Waals surface area contributed by atoms with Crippen molar-refractivity contribution in [3.8, 4) is 0 Å². The van der Waals surface area contributed by atoms with Crippen LogP contribution in [0.2, 0.25) is 0 Å². The summed E-state index contributed by atoms with van der Waals surface area (Å²) >= 11 is 0. The van der Waals surface area contributed by atoms with E-state index >= 15 is 0 Å². The van der Waals surface area contributed by atoms with E-state index in [9.17, 15) is 4.79 Å². The molecular weight excluding hydrogens is 128 g/mol. The third-order valence-corrected chi connectivity index (χ3v) is 1.80. The minimum Gasteiger partial charge on any atom is -0.343 e. The lowest BCUT2D eigenvalue weighted by atomic mass is 10.2. The summed E-state index contributed by atoms with van der Waals surface area (Å²) < 4.78 is 0. The summed E-state index contributed by atoms with van der Waals surface area (Å²) in [5.41, 5.74) is 5.27. The molecule has 1 aliphatic rings. The van der Waals surface area contributed by atoms with E-state index < -0.39 is 0 Å². The summed E-state index contributed by atoms with van der Waals surface area (Å²) in [4.78, 5) is 12.9. The van der Waals surface area contributed by atoms with Gasteiger partial charge in [0, 0.05) is 19.5 Å². The molecule has 58 valence electrons. The summed E-state index contributed by atoms with van der Waals surface area (Å²) in [6, 6.07) is 0. The summed E-state index contributed by atoms with van der Waals surface area (Å²) in [5.74, 6) is 0.275. The van der Waals surface area contributed by atoms with E-state index in [1.54, 1.807) is 0 Å². The highest BCUT2D eigenvalue weighted by Crippen LogP contribution is 2.07. The molecule has 0 atom stereocenters. The summed E-state index contributed by atoms with van der Waals surface area (Å²) in [5, 5.41) is 0. The van der Waals surface area contributed by atoms with Crippen molar-refractivity contribution in [1.82, 2.24) is 4.90 Å². The van der Waals surface area contributed by atoms with Crippen LogP contribution in [0.15, 0.2) is 0 Å². The molecule has 1 fully saturated rings. The molecule has 2 N–H and O–H groups in total. The lowest BCUT2D eigenvalue weighted by Gasteiger charge is -2.30. The minimum atomic E-state index is 0.275. The molecule has 1 amide bonds. The van der Waals surface area contributed by atoms with E-state index in [0.29, 0.717) is 13.0 Å². The van der Waals surface area contributed by atoms with Gasteiger partial charge in [-0.1, -0.05) is 0 Å². The fourth-order valence-electron chi connectivity index (χ4n) is 0.977. The standard InChI is InChI=1S/C7H14N2O/c8-4-1-3-7(10)9-5-2-6-9/h1-6,8H2. The minimum absolute atomic E-state index is 0.275. The topological polar surface area (TPSA) is 46.3 Å². The third-order valence-electron chi connectivity index (χ3n) is 1.80. The highest BCUT2D eigenvalue weighted by atomic mass is 16.2. The largest absolute Gasteiger partial charge is 0.343 e. The Kier molecular flexibility index (Phi) is 2.68. The molecule has 0 unspecified atom stereocenters. The second-order valence-corrected chi connectivity index (χ2v) is 2.63. The van der Waals surface area contributed by atoms with Crippen LogP contribution in [0.25, 0.3) is 0 Å². The lowest BCUT2D eigenvalue weighted by molar-refractivity contribution is -0.134. The summed E-state index contributed by atoms with van der Waals surface area (Å²) in [6.45, 7) is 2.55. The second-order valence-electron chi connectivity index (χ2n) is 2.63. The molecule has 0 aromatic carbocycles. The zero-order valence-electron chi connectivity index (χ0n) is 6.18. The number of hydrogen-bond donors (Lipinski definition) is 1. The monoisotopic (exact) mass is 142 g/mol. The van der Waals surface area contributed by atoms with Gasteiger partial charge in [0.1, 0.15) is 0 Å². The van der Waals surface area contributed by atoms with E-state index in [0.717, 1.165) is 19.5 Å². The van der Waals surface area contributed by atoms with E-state index in [1.807, 2.05) is 4.90 Å². The molecule has 1 saturated heterocycles. The number of rotatable bonds is 3. The molecule has 1 heterocycles. The molecule has 0 radical (unpaired) electrons. The fraction of sp³-hybridized carbons (Fsp3) is 0.857. The van der Waals surface area contributed by atoms with Gasteiger partial charge in [0.05, 0.1) is 0 Å². The highest BCUT2D eigenvalue weighted by Gasteiger charge is 2.18. The first-order chi connectivity index (χ1) is 4.84. The molecule has 0 aromatic heterocycles. The Labute approximate surface area is 61.2 Å². The predicted octanol–water partition coefficient (Wildman–Crippen LogP) is -0.0424. The Morgan fingerprint density at radius 2 is 2.20 bits per heavy atom. The van der Waals surface area contributed by atoms with Crippen LogP contribution in [-0.4, -0.2) is 30.4 Å². The molecule has 1 aliphatic heterocycles. The SMILES string of the molecule is NCCCC(=O)N1CCC1. The van der Waals surface area contributed by atoms with Crippen LogP contribution in [0.5, 0.6) is 0 Å². The molecular formula is C7H14N2O. The Hall–Kier alpha value is -0.570. The van der Waals surface area contributed by atoms with Crippen molar-refractivity contribution in [2.45, 2.75) is 19.3 Å². The molecule has 0 spiro atoms. The van der Waals surface area contributed by atoms with Gasteiger partial charge in [-0.2, -0.15) is 0 Å². The maximum atomic E-state index is 11.1. The van der Waals surface area contributed by atoms with Gasteiger partial charge in [-0.15, -0.1) is 0 Å². The highest BCUT2D eigenvalue weighted by molar-refractivity contribution is 5.76. The molecule has 0 saturated carbocycles. The van der Waals surface area contributed by atoms with Gasteiger partial charge >= 0.3 is 0 Å². The summed E-state index contributed by atoms with van der Waals surface area (Å²) in [6.07, 6.45) is 2.64. The first-order valence-electron chi connectivity index (χ1n) is 3.82. The van der Waals surface area contributed by atoms with Gasteiger partial charge < -0.3 is 10.6 Å². The number of carbonyl (C=O) groups excluding carboxylic acids is 1. The maximum absolute atomic E-state index is 11.1. The number of nitrogens with two attached hydrogens (primary N) is 1. The van der Waals surface area contributed by atoms with E-state index in [-0.39, 0.29) is 5.91 Å². The molecule has 10 heavy (non-hydrogen) atoms. The van der Waals surface area contributed by atoms with Gasteiger partial charge in [-0.3, -0.25) is 4.79 Å². The quantitative estimate of drug-likeness (QED) is 0.601. The average molecular weight is 142 g/mol. The van der Waals surface area contributed by atoms with Crippen LogP contribution >= 0.6 is 0 Å². The van der Waals surface area contributed by atoms with Gasteiger partial charge in [0.15, 0.2) is 0 Å².